The Labute approximate surface area is 135 Å². The van der Waals surface area contributed by atoms with Crippen LogP contribution in [0.4, 0.5) is 5.69 Å². The van der Waals surface area contributed by atoms with Gasteiger partial charge in [-0.1, -0.05) is 6.07 Å². The Morgan fingerprint density at radius 2 is 1.86 bits per heavy atom. The van der Waals surface area contributed by atoms with E-state index in [1.54, 1.807) is 14.2 Å². The molecule has 0 aliphatic heterocycles. The van der Waals surface area contributed by atoms with Crippen LogP contribution in [0.15, 0.2) is 22.7 Å². The molecule has 21 heavy (non-hydrogen) atoms. The zero-order valence-corrected chi connectivity index (χ0v) is 14.5. The molecule has 5 heteroatoms. The van der Waals surface area contributed by atoms with Crippen molar-refractivity contribution in [2.24, 2.45) is 0 Å². The van der Waals surface area contributed by atoms with E-state index in [1.807, 2.05) is 0 Å². The monoisotopic (exact) mass is 356 g/mol. The van der Waals surface area contributed by atoms with Crippen LogP contribution in [-0.4, -0.2) is 46.6 Å². The van der Waals surface area contributed by atoms with E-state index in [0.29, 0.717) is 13.2 Å². The van der Waals surface area contributed by atoms with Gasteiger partial charge >= 0.3 is 0 Å². The zero-order valence-electron chi connectivity index (χ0n) is 12.9. The van der Waals surface area contributed by atoms with Crippen LogP contribution in [0.3, 0.4) is 0 Å². The number of benzene rings is 1. The van der Waals surface area contributed by atoms with Gasteiger partial charge in [0.25, 0.3) is 0 Å². The molecule has 2 rings (SSSR count). The number of anilines is 1. The first-order valence-electron chi connectivity index (χ1n) is 7.49. The second kappa shape index (κ2) is 8.73. The summed E-state index contributed by atoms with van der Waals surface area (Å²) in [5.41, 5.74) is 2.51. The first-order chi connectivity index (χ1) is 10.2. The summed E-state index contributed by atoms with van der Waals surface area (Å²) >= 11 is 3.70. The van der Waals surface area contributed by atoms with Gasteiger partial charge in [0.05, 0.1) is 18.9 Å². The number of halogens is 1. The SMILES string of the molecule is COCCN(CCOC)c1ccc(CNC2CC2)cc1Br. The predicted octanol–water partition coefficient (Wildman–Crippen LogP) is 2.80. The summed E-state index contributed by atoms with van der Waals surface area (Å²) in [6, 6.07) is 7.32. The first-order valence-corrected chi connectivity index (χ1v) is 8.28. The summed E-state index contributed by atoms with van der Waals surface area (Å²) in [6.45, 7) is 4.08. The van der Waals surface area contributed by atoms with Gasteiger partial charge in [-0.15, -0.1) is 0 Å². The van der Waals surface area contributed by atoms with Crippen LogP contribution in [0.5, 0.6) is 0 Å². The van der Waals surface area contributed by atoms with Crippen LogP contribution in [0.25, 0.3) is 0 Å². The van der Waals surface area contributed by atoms with Crippen molar-refractivity contribution in [3.8, 4) is 0 Å². The quantitative estimate of drug-likeness (QED) is 0.698. The molecule has 0 aromatic heterocycles. The molecule has 1 aliphatic carbocycles. The van der Waals surface area contributed by atoms with E-state index in [9.17, 15) is 0 Å². The Morgan fingerprint density at radius 3 is 2.38 bits per heavy atom. The molecule has 1 fully saturated rings. The van der Waals surface area contributed by atoms with Gasteiger partial charge in [0.1, 0.15) is 0 Å². The third-order valence-electron chi connectivity index (χ3n) is 3.66. The summed E-state index contributed by atoms with van der Waals surface area (Å²) in [5, 5.41) is 3.54. The number of hydrogen-bond acceptors (Lipinski definition) is 4. The van der Waals surface area contributed by atoms with Gasteiger partial charge in [-0.05, 0) is 46.5 Å². The normalized spacial score (nSPS) is 14.4. The molecule has 0 spiro atoms. The number of nitrogens with one attached hydrogen (secondary N) is 1. The molecule has 1 aromatic rings. The molecular weight excluding hydrogens is 332 g/mol. The molecule has 0 unspecified atom stereocenters. The third kappa shape index (κ3) is 5.58. The van der Waals surface area contributed by atoms with Crippen LogP contribution in [0.2, 0.25) is 0 Å². The van der Waals surface area contributed by atoms with Gasteiger partial charge in [0, 0.05) is 44.4 Å². The second-order valence-electron chi connectivity index (χ2n) is 5.41. The Morgan fingerprint density at radius 1 is 1.19 bits per heavy atom. The summed E-state index contributed by atoms with van der Waals surface area (Å²) in [5.74, 6) is 0. The molecule has 0 heterocycles. The van der Waals surface area contributed by atoms with E-state index in [0.717, 1.165) is 30.1 Å². The molecule has 0 atom stereocenters. The van der Waals surface area contributed by atoms with Gasteiger partial charge < -0.3 is 19.7 Å². The van der Waals surface area contributed by atoms with E-state index in [-0.39, 0.29) is 0 Å². The van der Waals surface area contributed by atoms with Gasteiger partial charge in [0.2, 0.25) is 0 Å². The van der Waals surface area contributed by atoms with Crippen LogP contribution < -0.4 is 10.2 Å². The van der Waals surface area contributed by atoms with Crippen LogP contribution in [0, 0.1) is 0 Å². The van der Waals surface area contributed by atoms with E-state index in [4.69, 9.17) is 9.47 Å². The molecule has 1 aliphatic rings. The molecule has 1 saturated carbocycles. The minimum absolute atomic E-state index is 0.709. The van der Waals surface area contributed by atoms with Gasteiger partial charge in [0.15, 0.2) is 0 Å². The van der Waals surface area contributed by atoms with Gasteiger partial charge in [-0.3, -0.25) is 0 Å². The maximum Gasteiger partial charge on any atom is 0.0637 e. The van der Waals surface area contributed by atoms with E-state index in [1.165, 1.54) is 24.1 Å². The van der Waals surface area contributed by atoms with Crippen molar-refractivity contribution in [2.75, 3.05) is 45.4 Å². The predicted molar refractivity (Wildman–Crippen MR) is 90.0 cm³/mol. The fourth-order valence-electron chi connectivity index (χ4n) is 2.22. The molecule has 1 N–H and O–H groups in total. The Hall–Kier alpha value is -0.620. The van der Waals surface area contributed by atoms with Gasteiger partial charge in [-0.2, -0.15) is 0 Å². The van der Waals surface area contributed by atoms with Crippen LogP contribution >= 0.6 is 15.9 Å². The topological polar surface area (TPSA) is 33.7 Å². The van der Waals surface area contributed by atoms with Crippen molar-refractivity contribution in [1.82, 2.24) is 5.32 Å². The Balaban J connectivity index is 1.99. The van der Waals surface area contributed by atoms with E-state index in [2.05, 4.69) is 44.3 Å². The minimum atomic E-state index is 0.709. The average Bonchev–Trinajstić information content (AvgIpc) is 3.30. The number of ether oxygens (including phenoxy) is 2. The lowest BCUT2D eigenvalue weighted by Gasteiger charge is -2.25. The number of methoxy groups -OCH3 is 2. The number of hydrogen-bond donors (Lipinski definition) is 1. The van der Waals surface area contributed by atoms with E-state index >= 15 is 0 Å². The lowest BCUT2D eigenvalue weighted by molar-refractivity contribution is 0.190. The molecule has 4 nitrogen and oxygen atoms in total. The highest BCUT2D eigenvalue weighted by molar-refractivity contribution is 9.10. The average molecular weight is 357 g/mol. The summed E-state index contributed by atoms with van der Waals surface area (Å²) < 4.78 is 11.5. The van der Waals surface area contributed by atoms with Crippen molar-refractivity contribution in [3.05, 3.63) is 28.2 Å². The lowest BCUT2D eigenvalue weighted by atomic mass is 10.2. The molecule has 0 bridgehead atoms. The fourth-order valence-corrected chi connectivity index (χ4v) is 2.90. The molecule has 0 amide bonds. The lowest BCUT2D eigenvalue weighted by Crippen LogP contribution is -2.31. The summed E-state index contributed by atoms with van der Waals surface area (Å²) in [6.07, 6.45) is 2.64. The highest BCUT2D eigenvalue weighted by Gasteiger charge is 2.20. The molecular formula is C16H25BrN2O2. The highest BCUT2D eigenvalue weighted by Crippen LogP contribution is 2.28. The Kier molecular flexibility index (Phi) is 6.96. The van der Waals surface area contributed by atoms with Crippen molar-refractivity contribution in [2.45, 2.75) is 25.4 Å². The van der Waals surface area contributed by atoms with Crippen molar-refractivity contribution in [1.29, 1.82) is 0 Å². The maximum atomic E-state index is 5.20. The van der Waals surface area contributed by atoms with Crippen molar-refractivity contribution < 1.29 is 9.47 Å². The molecule has 0 radical (unpaired) electrons. The molecule has 0 saturated heterocycles. The number of rotatable bonds is 10. The Bertz CT molecular complexity index is 430. The van der Waals surface area contributed by atoms with Crippen LogP contribution in [-0.2, 0) is 16.0 Å². The van der Waals surface area contributed by atoms with Crippen molar-refractivity contribution >= 4 is 21.6 Å². The number of nitrogens with zero attached hydrogens (tertiary/aromatic N) is 1. The van der Waals surface area contributed by atoms with Crippen LogP contribution in [0.1, 0.15) is 18.4 Å². The first kappa shape index (κ1) is 16.7. The fraction of sp³-hybridized carbons (Fsp3) is 0.625. The second-order valence-corrected chi connectivity index (χ2v) is 6.27. The zero-order chi connectivity index (χ0) is 15.1. The largest absolute Gasteiger partial charge is 0.383 e. The molecule has 1 aromatic carbocycles. The highest BCUT2D eigenvalue weighted by atomic mass is 79.9. The van der Waals surface area contributed by atoms with E-state index < -0.39 is 0 Å². The minimum Gasteiger partial charge on any atom is -0.383 e. The standard InChI is InChI=1S/C16H25BrN2O2/c1-20-9-7-19(8-10-21-2)16-6-3-13(11-15(16)17)12-18-14-4-5-14/h3,6,11,14,18H,4-5,7-10,12H2,1-2H3. The smallest absolute Gasteiger partial charge is 0.0637 e. The van der Waals surface area contributed by atoms with Crippen molar-refractivity contribution in [3.63, 3.8) is 0 Å². The van der Waals surface area contributed by atoms with Gasteiger partial charge in [-0.25, -0.2) is 0 Å². The summed E-state index contributed by atoms with van der Waals surface area (Å²) in [7, 11) is 3.46. The third-order valence-corrected chi connectivity index (χ3v) is 4.29. The molecule has 118 valence electrons. The maximum absolute atomic E-state index is 5.20. The summed E-state index contributed by atoms with van der Waals surface area (Å²) in [4.78, 5) is 2.29.